The molecule has 55 heavy (non-hydrogen) atoms. The van der Waals surface area contributed by atoms with Crippen molar-refractivity contribution in [1.29, 1.82) is 0 Å². The van der Waals surface area contributed by atoms with Crippen LogP contribution in [0.4, 0.5) is 17.1 Å². The lowest BCUT2D eigenvalue weighted by Gasteiger charge is -2.30. The van der Waals surface area contributed by atoms with Gasteiger partial charge >= 0.3 is 0 Å². The normalized spacial score (nSPS) is 11.6. The highest BCUT2D eigenvalue weighted by molar-refractivity contribution is 7.26. The molecule has 2 heterocycles. The first-order chi connectivity index (χ1) is 27.3. The molecule has 11 rings (SSSR count). The van der Waals surface area contributed by atoms with Crippen LogP contribution < -0.4 is 4.90 Å². The molecule has 0 amide bonds. The van der Waals surface area contributed by atoms with Crippen molar-refractivity contribution in [2.75, 3.05) is 4.90 Å². The second-order valence-electron chi connectivity index (χ2n) is 14.0. The van der Waals surface area contributed by atoms with Crippen LogP contribution in [0.1, 0.15) is 0 Å². The molecule has 0 aliphatic rings. The molecule has 0 saturated carbocycles. The molecule has 9 aromatic carbocycles. The van der Waals surface area contributed by atoms with E-state index in [0.29, 0.717) is 0 Å². The maximum absolute atomic E-state index is 6.95. The third kappa shape index (κ3) is 5.16. The van der Waals surface area contributed by atoms with Crippen LogP contribution in [-0.4, -0.2) is 0 Å². The van der Waals surface area contributed by atoms with Gasteiger partial charge in [0, 0.05) is 47.8 Å². The van der Waals surface area contributed by atoms with E-state index >= 15 is 0 Å². The quantitative estimate of drug-likeness (QED) is 0.170. The van der Waals surface area contributed by atoms with Gasteiger partial charge in [-0.15, -0.1) is 11.3 Å². The maximum atomic E-state index is 6.95. The van der Waals surface area contributed by atoms with Gasteiger partial charge < -0.3 is 9.32 Å². The Morgan fingerprint density at radius 2 is 1.00 bits per heavy atom. The standard InChI is InChI=1S/C52H33NOS/c1-3-14-34(15-4-1)35-28-31-38(32-29-35)53(45-25-13-27-48-51(45)41-20-9-10-26-47(41)55-48)44-24-12-21-39(36-16-5-2-6-17-36)49(44)42-22-11-23-43-50-40-19-8-7-18-37(40)30-33-46(50)54-52(42)43/h1-33H. The number of hydrogen-bond donors (Lipinski definition) is 0. The first-order valence-electron chi connectivity index (χ1n) is 18.7. The van der Waals surface area contributed by atoms with E-state index in [1.165, 1.54) is 42.1 Å². The number of nitrogens with zero attached hydrogens (tertiary/aromatic N) is 1. The predicted molar refractivity (Wildman–Crippen MR) is 235 cm³/mol. The molecule has 0 aliphatic carbocycles. The molecule has 2 aromatic heterocycles. The molecule has 0 spiro atoms. The summed E-state index contributed by atoms with van der Waals surface area (Å²) in [6.07, 6.45) is 0. The van der Waals surface area contributed by atoms with Gasteiger partial charge in [0.25, 0.3) is 0 Å². The molecule has 0 N–H and O–H groups in total. The molecule has 258 valence electrons. The third-order valence-electron chi connectivity index (χ3n) is 10.9. The fourth-order valence-corrected chi connectivity index (χ4v) is 9.54. The Balaban J connectivity index is 1.24. The third-order valence-corrected chi connectivity index (χ3v) is 12.0. The Labute approximate surface area is 322 Å². The Morgan fingerprint density at radius 3 is 1.84 bits per heavy atom. The zero-order chi connectivity index (χ0) is 36.3. The van der Waals surface area contributed by atoms with Crippen molar-refractivity contribution in [2.24, 2.45) is 0 Å². The molecule has 11 aromatic rings. The van der Waals surface area contributed by atoms with Gasteiger partial charge in [0.05, 0.1) is 11.4 Å². The fraction of sp³-hybridized carbons (Fsp3) is 0. The molecule has 3 heteroatoms. The second-order valence-corrected chi connectivity index (χ2v) is 15.1. The molecule has 0 aliphatic heterocycles. The Kier molecular flexibility index (Phi) is 7.39. The monoisotopic (exact) mass is 719 g/mol. The van der Waals surface area contributed by atoms with E-state index in [-0.39, 0.29) is 0 Å². The molecule has 0 saturated heterocycles. The summed E-state index contributed by atoms with van der Waals surface area (Å²) in [6, 6.07) is 72.1. The van der Waals surface area contributed by atoms with Gasteiger partial charge in [0.1, 0.15) is 11.2 Å². The largest absolute Gasteiger partial charge is 0.455 e. The number of fused-ring (bicyclic) bond motifs is 8. The first-order valence-corrected chi connectivity index (χ1v) is 19.5. The lowest BCUT2D eigenvalue weighted by Crippen LogP contribution is -2.12. The van der Waals surface area contributed by atoms with Crippen LogP contribution in [0.5, 0.6) is 0 Å². The van der Waals surface area contributed by atoms with Crippen LogP contribution in [0, 0.1) is 0 Å². The molecular formula is C52H33NOS. The summed E-state index contributed by atoms with van der Waals surface area (Å²) in [4.78, 5) is 2.47. The van der Waals surface area contributed by atoms with Crippen molar-refractivity contribution < 1.29 is 4.42 Å². The average molecular weight is 720 g/mol. The van der Waals surface area contributed by atoms with Crippen LogP contribution in [0.3, 0.4) is 0 Å². The Morgan fingerprint density at radius 1 is 0.382 bits per heavy atom. The van der Waals surface area contributed by atoms with Crippen molar-refractivity contribution in [2.45, 2.75) is 0 Å². The van der Waals surface area contributed by atoms with Crippen molar-refractivity contribution >= 4 is 81.3 Å². The Hall–Kier alpha value is -6.94. The lowest BCUT2D eigenvalue weighted by atomic mass is 9.90. The summed E-state index contributed by atoms with van der Waals surface area (Å²) in [6.45, 7) is 0. The summed E-state index contributed by atoms with van der Waals surface area (Å²) in [5, 5.41) is 7.17. The second kappa shape index (κ2) is 12.9. The maximum Gasteiger partial charge on any atom is 0.143 e. The number of rotatable bonds is 6. The highest BCUT2D eigenvalue weighted by Crippen LogP contribution is 2.51. The van der Waals surface area contributed by atoms with Crippen LogP contribution >= 0.6 is 11.3 Å². The molecule has 2 nitrogen and oxygen atoms in total. The van der Waals surface area contributed by atoms with Crippen molar-refractivity contribution in [3.63, 3.8) is 0 Å². The molecule has 0 bridgehead atoms. The highest BCUT2D eigenvalue weighted by atomic mass is 32.1. The number of para-hydroxylation sites is 1. The zero-order valence-corrected chi connectivity index (χ0v) is 30.6. The molecule has 0 unspecified atom stereocenters. The number of benzene rings is 9. The smallest absolute Gasteiger partial charge is 0.143 e. The van der Waals surface area contributed by atoms with E-state index < -0.39 is 0 Å². The zero-order valence-electron chi connectivity index (χ0n) is 29.8. The molecular weight excluding hydrogens is 687 g/mol. The van der Waals surface area contributed by atoms with Gasteiger partial charge in [-0.2, -0.15) is 0 Å². The van der Waals surface area contributed by atoms with E-state index in [2.05, 4.69) is 205 Å². The van der Waals surface area contributed by atoms with Crippen LogP contribution in [-0.2, 0) is 0 Å². The number of hydrogen-bond acceptors (Lipinski definition) is 3. The van der Waals surface area contributed by atoms with E-state index in [0.717, 1.165) is 61.3 Å². The topological polar surface area (TPSA) is 16.4 Å². The highest BCUT2D eigenvalue weighted by Gasteiger charge is 2.26. The Bertz CT molecular complexity index is 3190. The lowest BCUT2D eigenvalue weighted by molar-refractivity contribution is 0.670. The first kappa shape index (κ1) is 31.6. The van der Waals surface area contributed by atoms with Crippen molar-refractivity contribution in [3.05, 3.63) is 200 Å². The molecule has 0 radical (unpaired) electrons. The van der Waals surface area contributed by atoms with Gasteiger partial charge in [0.15, 0.2) is 0 Å². The molecule has 0 fully saturated rings. The fourth-order valence-electron chi connectivity index (χ4n) is 8.42. The SMILES string of the molecule is c1ccc(-c2ccc(N(c3cccc(-c4ccccc4)c3-c3cccc4c3oc3ccc5ccccc5c34)c3cccc4sc5ccccc5c34)cc2)cc1. The van der Waals surface area contributed by atoms with Gasteiger partial charge in [-0.1, -0.05) is 158 Å². The van der Waals surface area contributed by atoms with Crippen LogP contribution in [0.15, 0.2) is 205 Å². The van der Waals surface area contributed by atoms with Gasteiger partial charge in [-0.3, -0.25) is 0 Å². The summed E-state index contributed by atoms with van der Waals surface area (Å²) < 4.78 is 9.49. The minimum absolute atomic E-state index is 0.886. The van der Waals surface area contributed by atoms with Gasteiger partial charge in [-0.05, 0) is 75.5 Å². The number of anilines is 3. The average Bonchev–Trinajstić information content (AvgIpc) is 3.84. The van der Waals surface area contributed by atoms with Gasteiger partial charge in [0.2, 0.25) is 0 Å². The van der Waals surface area contributed by atoms with E-state index in [4.69, 9.17) is 4.42 Å². The minimum Gasteiger partial charge on any atom is -0.455 e. The van der Waals surface area contributed by atoms with E-state index in [1.807, 2.05) is 11.3 Å². The van der Waals surface area contributed by atoms with Crippen LogP contribution in [0.2, 0.25) is 0 Å². The summed E-state index contributed by atoms with van der Waals surface area (Å²) in [5.41, 5.74) is 11.9. The summed E-state index contributed by atoms with van der Waals surface area (Å²) in [5.74, 6) is 0. The van der Waals surface area contributed by atoms with Gasteiger partial charge in [-0.25, -0.2) is 0 Å². The minimum atomic E-state index is 0.886. The van der Waals surface area contributed by atoms with Crippen molar-refractivity contribution in [1.82, 2.24) is 0 Å². The molecule has 0 atom stereocenters. The summed E-state index contributed by atoms with van der Waals surface area (Å²) >= 11 is 1.85. The van der Waals surface area contributed by atoms with E-state index in [9.17, 15) is 0 Å². The number of thiophene rings is 1. The summed E-state index contributed by atoms with van der Waals surface area (Å²) in [7, 11) is 0. The predicted octanol–water partition coefficient (Wildman–Crippen LogP) is 15.6. The van der Waals surface area contributed by atoms with Crippen LogP contribution in [0.25, 0.3) is 86.3 Å². The van der Waals surface area contributed by atoms with Crippen molar-refractivity contribution in [3.8, 4) is 33.4 Å². The van der Waals surface area contributed by atoms with E-state index in [1.54, 1.807) is 0 Å². The number of furan rings is 1.